The smallest absolute Gasteiger partial charge is 0.331 e. The second kappa shape index (κ2) is 5.10. The minimum Gasteiger partial charge on any atom is -0.361 e. The fourth-order valence-electron chi connectivity index (χ4n) is 1.14. The number of hydrogen-bond acceptors (Lipinski definition) is 1. The molecule has 0 amide bonds. The number of benzene rings is 1. The van der Waals surface area contributed by atoms with Gasteiger partial charge in [0.15, 0.2) is 0 Å². The van der Waals surface area contributed by atoms with E-state index >= 15 is 0 Å². The van der Waals surface area contributed by atoms with E-state index in [4.69, 9.17) is 5.53 Å². The Kier molecular flexibility index (Phi) is 3.77. The Balaban J connectivity index is 2.50. The first-order valence-electron chi connectivity index (χ1n) is 4.50. The molecule has 0 saturated heterocycles. The monoisotopic (exact) mass is 188 g/mol. The summed E-state index contributed by atoms with van der Waals surface area (Å²) in [6.07, 6.45) is 1.08. The van der Waals surface area contributed by atoms with Crippen LogP contribution in [0.2, 0.25) is 0 Å². The Morgan fingerprint density at radius 1 is 1.36 bits per heavy atom. The minimum atomic E-state index is -0.114. The molecular weight excluding hydrogens is 176 g/mol. The standard InChI is InChI=1S/C11H12N2O/c1-9(13-12)11(14)8-7-10-5-3-2-4-6-10/h2-6H,7-8H2,1H3. The Bertz CT molecular complexity index is 364. The zero-order valence-electron chi connectivity index (χ0n) is 8.10. The third-order valence-corrected chi connectivity index (χ3v) is 2.04. The Labute approximate surface area is 83.0 Å². The number of ketones is 1. The van der Waals surface area contributed by atoms with Gasteiger partial charge in [-0.2, -0.15) is 4.79 Å². The lowest BCUT2D eigenvalue weighted by Gasteiger charge is -1.96. The van der Waals surface area contributed by atoms with E-state index in [0.29, 0.717) is 12.8 Å². The molecule has 0 spiro atoms. The van der Waals surface area contributed by atoms with Crippen LogP contribution in [0.5, 0.6) is 0 Å². The first-order valence-corrected chi connectivity index (χ1v) is 4.50. The van der Waals surface area contributed by atoms with Gasteiger partial charge in [-0.3, -0.25) is 4.79 Å². The van der Waals surface area contributed by atoms with Crippen molar-refractivity contribution in [3.8, 4) is 0 Å². The molecule has 0 N–H and O–H groups in total. The lowest BCUT2D eigenvalue weighted by Crippen LogP contribution is -2.11. The van der Waals surface area contributed by atoms with Crippen LogP contribution in [0.1, 0.15) is 18.9 Å². The van der Waals surface area contributed by atoms with Crippen molar-refractivity contribution in [3.05, 3.63) is 41.4 Å². The minimum absolute atomic E-state index is 0.114. The Hall–Kier alpha value is -1.73. The molecule has 0 radical (unpaired) electrons. The third-order valence-electron chi connectivity index (χ3n) is 2.04. The maximum atomic E-state index is 11.3. The van der Waals surface area contributed by atoms with E-state index in [9.17, 15) is 4.79 Å². The van der Waals surface area contributed by atoms with E-state index in [2.05, 4.69) is 4.79 Å². The first-order chi connectivity index (χ1) is 6.74. The highest BCUT2D eigenvalue weighted by Gasteiger charge is 2.12. The molecule has 3 nitrogen and oxygen atoms in total. The van der Waals surface area contributed by atoms with Crippen molar-refractivity contribution in [2.45, 2.75) is 19.8 Å². The maximum Gasteiger partial charge on any atom is 0.331 e. The number of carbonyl (C=O) groups excluding carboxylic acids is 1. The summed E-state index contributed by atoms with van der Waals surface area (Å²) in [5.41, 5.74) is 9.65. The Morgan fingerprint density at radius 2 is 2.00 bits per heavy atom. The summed E-state index contributed by atoms with van der Waals surface area (Å²) < 4.78 is 0. The molecule has 0 aliphatic heterocycles. The van der Waals surface area contributed by atoms with Crippen molar-refractivity contribution < 1.29 is 9.58 Å². The normalized spacial score (nSPS) is 9.21. The third kappa shape index (κ3) is 2.96. The van der Waals surface area contributed by atoms with Gasteiger partial charge in [0.1, 0.15) is 0 Å². The number of rotatable bonds is 4. The van der Waals surface area contributed by atoms with Gasteiger partial charge in [0.05, 0.1) is 0 Å². The van der Waals surface area contributed by atoms with Crippen LogP contribution in [0.15, 0.2) is 30.3 Å². The van der Waals surface area contributed by atoms with E-state index in [0.717, 1.165) is 5.56 Å². The lowest BCUT2D eigenvalue weighted by atomic mass is 10.1. The lowest BCUT2D eigenvalue weighted by molar-refractivity contribution is -0.117. The number of aryl methyl sites for hydroxylation is 1. The second-order valence-corrected chi connectivity index (χ2v) is 3.09. The molecule has 0 heterocycles. The molecule has 0 atom stereocenters. The van der Waals surface area contributed by atoms with Crippen LogP contribution in [0.3, 0.4) is 0 Å². The number of carbonyl (C=O) groups is 1. The topological polar surface area (TPSA) is 53.5 Å². The van der Waals surface area contributed by atoms with Gasteiger partial charge in [-0.05, 0) is 12.0 Å². The predicted molar refractivity (Wildman–Crippen MR) is 54.1 cm³/mol. The maximum absolute atomic E-state index is 11.3. The van der Waals surface area contributed by atoms with Crippen molar-refractivity contribution in [2.75, 3.05) is 0 Å². The fourth-order valence-corrected chi connectivity index (χ4v) is 1.14. The molecule has 14 heavy (non-hydrogen) atoms. The van der Waals surface area contributed by atoms with Gasteiger partial charge in [0.25, 0.3) is 0 Å². The average Bonchev–Trinajstić information content (AvgIpc) is 2.26. The van der Waals surface area contributed by atoms with Gasteiger partial charge >= 0.3 is 5.71 Å². The molecule has 72 valence electrons. The van der Waals surface area contributed by atoms with Crippen LogP contribution >= 0.6 is 0 Å². The van der Waals surface area contributed by atoms with Crippen LogP contribution in [0, 0.1) is 0 Å². The highest BCUT2D eigenvalue weighted by molar-refractivity contribution is 6.36. The zero-order chi connectivity index (χ0) is 10.4. The SMILES string of the molecule is CC(=[N+]=[N-])C(=O)CCc1ccccc1. The van der Waals surface area contributed by atoms with E-state index in [1.54, 1.807) is 0 Å². The zero-order valence-corrected chi connectivity index (χ0v) is 8.10. The second-order valence-electron chi connectivity index (χ2n) is 3.09. The van der Waals surface area contributed by atoms with Gasteiger partial charge < -0.3 is 5.53 Å². The van der Waals surface area contributed by atoms with Gasteiger partial charge in [-0.15, -0.1) is 0 Å². The van der Waals surface area contributed by atoms with Crippen LogP contribution in [-0.4, -0.2) is 16.3 Å². The number of Topliss-reactive ketones (excluding diaryl/α,β-unsaturated/α-hetero) is 1. The molecule has 1 aromatic carbocycles. The molecule has 3 heteroatoms. The summed E-state index contributed by atoms with van der Waals surface area (Å²) in [7, 11) is 0. The summed E-state index contributed by atoms with van der Waals surface area (Å²) in [5, 5.41) is 0. The summed E-state index contributed by atoms with van der Waals surface area (Å²) >= 11 is 0. The van der Waals surface area contributed by atoms with Gasteiger partial charge in [0, 0.05) is 13.3 Å². The molecule has 0 unspecified atom stereocenters. The largest absolute Gasteiger partial charge is 0.361 e. The van der Waals surface area contributed by atoms with Gasteiger partial charge in [-0.1, -0.05) is 30.3 Å². The highest BCUT2D eigenvalue weighted by Crippen LogP contribution is 2.02. The summed E-state index contributed by atoms with van der Waals surface area (Å²) in [5.74, 6) is -0.114. The van der Waals surface area contributed by atoms with E-state index in [1.165, 1.54) is 6.92 Å². The van der Waals surface area contributed by atoms with Crippen LogP contribution in [-0.2, 0) is 11.2 Å². The van der Waals surface area contributed by atoms with Crippen molar-refractivity contribution in [3.63, 3.8) is 0 Å². The van der Waals surface area contributed by atoms with E-state index in [1.807, 2.05) is 30.3 Å². The first kappa shape index (κ1) is 10.4. The van der Waals surface area contributed by atoms with Crippen molar-refractivity contribution in [1.29, 1.82) is 0 Å². The molecule has 0 aliphatic carbocycles. The molecule has 0 saturated carbocycles. The highest BCUT2D eigenvalue weighted by atomic mass is 16.1. The molecule has 1 rings (SSSR count). The quantitative estimate of drug-likeness (QED) is 0.404. The molecule has 0 aliphatic rings. The molecule has 0 aromatic heterocycles. The van der Waals surface area contributed by atoms with Crippen LogP contribution in [0.4, 0.5) is 0 Å². The summed E-state index contributed by atoms with van der Waals surface area (Å²) in [6.45, 7) is 1.51. The average molecular weight is 188 g/mol. The van der Waals surface area contributed by atoms with Crippen molar-refractivity contribution in [2.24, 2.45) is 0 Å². The molecule has 0 bridgehead atoms. The van der Waals surface area contributed by atoms with Crippen molar-refractivity contribution in [1.82, 2.24) is 0 Å². The van der Waals surface area contributed by atoms with Gasteiger partial charge in [-0.25, -0.2) is 0 Å². The molecular formula is C11H12N2O. The molecule has 1 aromatic rings. The Morgan fingerprint density at radius 3 is 2.57 bits per heavy atom. The number of nitrogens with zero attached hydrogens (tertiary/aromatic N) is 2. The summed E-state index contributed by atoms with van der Waals surface area (Å²) in [4.78, 5) is 14.1. The van der Waals surface area contributed by atoms with E-state index in [-0.39, 0.29) is 11.5 Å². The van der Waals surface area contributed by atoms with E-state index < -0.39 is 0 Å². The van der Waals surface area contributed by atoms with Gasteiger partial charge in [0.2, 0.25) is 5.78 Å². The van der Waals surface area contributed by atoms with Crippen LogP contribution < -0.4 is 0 Å². The molecule has 0 fully saturated rings. The predicted octanol–water partition coefficient (Wildman–Crippen LogP) is 1.88. The number of hydrogen-bond donors (Lipinski definition) is 0. The van der Waals surface area contributed by atoms with Crippen LogP contribution in [0.25, 0.3) is 5.53 Å². The van der Waals surface area contributed by atoms with Crippen molar-refractivity contribution >= 4 is 11.5 Å². The summed E-state index contributed by atoms with van der Waals surface area (Å²) in [6, 6.07) is 9.75. The fraction of sp³-hybridized carbons (Fsp3) is 0.273.